The summed E-state index contributed by atoms with van der Waals surface area (Å²) < 4.78 is 12.2. The fraction of sp³-hybridized carbons (Fsp3) is 0.282. The lowest BCUT2D eigenvalue weighted by Crippen LogP contribution is -2.46. The summed E-state index contributed by atoms with van der Waals surface area (Å²) in [5, 5.41) is 4.09. The van der Waals surface area contributed by atoms with Crippen LogP contribution in [-0.4, -0.2) is 62.2 Å². The van der Waals surface area contributed by atoms with E-state index in [2.05, 4.69) is 46.3 Å². The van der Waals surface area contributed by atoms with Crippen molar-refractivity contribution < 1.29 is 14.3 Å². The number of benzene rings is 4. The third-order valence-electron chi connectivity index (χ3n) is 8.70. The van der Waals surface area contributed by atoms with Crippen LogP contribution in [0.2, 0.25) is 0 Å². The molecule has 0 unspecified atom stereocenters. The molecule has 0 aliphatic carbocycles. The number of rotatable bonds is 12. The van der Waals surface area contributed by atoms with Crippen molar-refractivity contribution in [3.05, 3.63) is 120 Å². The predicted molar refractivity (Wildman–Crippen MR) is 186 cm³/mol. The number of carbonyl (C=O) groups excluding carboxylic acids is 1. The Morgan fingerprint density at radius 2 is 1.52 bits per heavy atom. The molecule has 5 aromatic rings. The van der Waals surface area contributed by atoms with Gasteiger partial charge in [0.1, 0.15) is 11.4 Å². The number of amides is 1. The number of carbonyl (C=O) groups is 1. The molecule has 0 spiro atoms. The van der Waals surface area contributed by atoms with Gasteiger partial charge in [-0.1, -0.05) is 97.9 Å². The molecule has 0 radical (unpaired) electrons. The van der Waals surface area contributed by atoms with Crippen LogP contribution in [0.25, 0.3) is 22.2 Å². The van der Waals surface area contributed by atoms with Crippen LogP contribution in [0.1, 0.15) is 41.7 Å². The Balaban J connectivity index is 1.22. The van der Waals surface area contributed by atoms with E-state index in [-0.39, 0.29) is 11.9 Å². The molecule has 0 bridgehead atoms. The summed E-state index contributed by atoms with van der Waals surface area (Å²) in [6.45, 7) is 7.30. The molecule has 4 aromatic carbocycles. The highest BCUT2D eigenvalue weighted by atomic mass is 16.5. The van der Waals surface area contributed by atoms with Gasteiger partial charge in [-0.25, -0.2) is 4.98 Å². The van der Waals surface area contributed by atoms with Crippen molar-refractivity contribution in [3.63, 3.8) is 0 Å². The summed E-state index contributed by atoms with van der Waals surface area (Å²) in [5.74, 6) is 1.29. The molecule has 236 valence electrons. The normalized spacial score (nSPS) is 14.2. The van der Waals surface area contributed by atoms with Crippen molar-refractivity contribution in [2.45, 2.75) is 25.8 Å². The van der Waals surface area contributed by atoms with Gasteiger partial charge in [0.15, 0.2) is 5.75 Å². The highest BCUT2D eigenvalue weighted by Crippen LogP contribution is 2.37. The van der Waals surface area contributed by atoms with Gasteiger partial charge in [-0.15, -0.1) is 0 Å². The molecule has 1 aliphatic heterocycles. The second-order valence-electron chi connectivity index (χ2n) is 11.6. The number of methoxy groups -OCH3 is 1. The Morgan fingerprint density at radius 3 is 2.26 bits per heavy atom. The Morgan fingerprint density at radius 1 is 0.848 bits per heavy atom. The SMILES string of the molecule is CC[C@H](NC(=O)c1c(OCCCN2CCN(c3ccccc3OC)CC2)c(-c2ccccc2)nc2ccccc12)c1ccccc1. The fourth-order valence-corrected chi connectivity index (χ4v) is 6.25. The van der Waals surface area contributed by atoms with E-state index in [9.17, 15) is 4.79 Å². The molecule has 7 nitrogen and oxygen atoms in total. The highest BCUT2D eigenvalue weighted by Gasteiger charge is 2.25. The number of pyridine rings is 1. The minimum Gasteiger partial charge on any atom is -0.495 e. The number of hydrogen-bond donors (Lipinski definition) is 1. The predicted octanol–water partition coefficient (Wildman–Crippen LogP) is 7.38. The zero-order valence-electron chi connectivity index (χ0n) is 26.7. The van der Waals surface area contributed by atoms with Gasteiger partial charge in [0.2, 0.25) is 0 Å². The third kappa shape index (κ3) is 7.00. The van der Waals surface area contributed by atoms with Gasteiger partial charge < -0.3 is 19.7 Å². The van der Waals surface area contributed by atoms with E-state index in [4.69, 9.17) is 14.5 Å². The van der Waals surface area contributed by atoms with Gasteiger partial charge in [0, 0.05) is 43.7 Å². The maximum Gasteiger partial charge on any atom is 0.256 e. The lowest BCUT2D eigenvalue weighted by molar-refractivity contribution is 0.0933. The summed E-state index contributed by atoms with van der Waals surface area (Å²) >= 11 is 0. The molecule has 7 heteroatoms. The van der Waals surface area contributed by atoms with Crippen LogP contribution in [0.15, 0.2) is 109 Å². The number of anilines is 1. The van der Waals surface area contributed by atoms with E-state index in [1.54, 1.807) is 7.11 Å². The molecule has 1 amide bonds. The maximum absolute atomic E-state index is 14.2. The van der Waals surface area contributed by atoms with Gasteiger partial charge in [-0.3, -0.25) is 9.69 Å². The molecule has 1 fully saturated rings. The average molecular weight is 615 g/mol. The summed E-state index contributed by atoms with van der Waals surface area (Å²) in [7, 11) is 1.73. The number of ether oxygens (including phenoxy) is 2. The van der Waals surface area contributed by atoms with Crippen molar-refractivity contribution in [3.8, 4) is 22.8 Å². The van der Waals surface area contributed by atoms with Crippen LogP contribution in [0.3, 0.4) is 0 Å². The largest absolute Gasteiger partial charge is 0.495 e. The molecule has 46 heavy (non-hydrogen) atoms. The number of nitrogens with zero attached hydrogens (tertiary/aromatic N) is 3. The van der Waals surface area contributed by atoms with Crippen molar-refractivity contribution in [2.24, 2.45) is 0 Å². The van der Waals surface area contributed by atoms with E-state index < -0.39 is 0 Å². The number of fused-ring (bicyclic) bond motifs is 1. The second kappa shape index (κ2) is 14.9. The van der Waals surface area contributed by atoms with Crippen molar-refractivity contribution in [1.29, 1.82) is 0 Å². The zero-order valence-corrected chi connectivity index (χ0v) is 26.7. The standard InChI is InChI=1S/C39H42N4O3/c1-3-32(29-15-6-4-7-16-29)41-39(44)36-31-19-10-11-20-33(31)40-37(30-17-8-5-9-18-30)38(36)46-28-14-23-42-24-26-43(27-25-42)34-21-12-13-22-35(34)45-2/h4-13,15-22,32H,3,14,23-28H2,1-2H3,(H,41,44)/t32-/m0/s1. The van der Waals surface area contributed by atoms with Gasteiger partial charge in [-0.05, 0) is 36.6 Å². The van der Waals surface area contributed by atoms with Crippen LogP contribution in [0.4, 0.5) is 5.69 Å². The molecule has 6 rings (SSSR count). The minimum atomic E-state index is -0.158. The zero-order chi connectivity index (χ0) is 31.7. The van der Waals surface area contributed by atoms with Crippen LogP contribution in [0, 0.1) is 0 Å². The molecule has 1 aromatic heterocycles. The third-order valence-corrected chi connectivity index (χ3v) is 8.70. The molecule has 1 saturated heterocycles. The highest BCUT2D eigenvalue weighted by molar-refractivity contribution is 6.10. The molecular weight excluding hydrogens is 572 g/mol. The topological polar surface area (TPSA) is 66.9 Å². The average Bonchev–Trinajstić information content (AvgIpc) is 3.12. The molecular formula is C39H42N4O3. The summed E-state index contributed by atoms with van der Waals surface area (Å²) in [6.07, 6.45) is 1.60. The van der Waals surface area contributed by atoms with E-state index in [0.29, 0.717) is 23.6 Å². The Bertz CT molecular complexity index is 1740. The number of aromatic nitrogens is 1. The van der Waals surface area contributed by atoms with Crippen molar-refractivity contribution in [1.82, 2.24) is 15.2 Å². The monoisotopic (exact) mass is 614 g/mol. The Hall–Kier alpha value is -4.88. The molecule has 1 atom stereocenters. The first-order chi connectivity index (χ1) is 22.7. The van der Waals surface area contributed by atoms with E-state index in [0.717, 1.165) is 79.0 Å². The van der Waals surface area contributed by atoms with Gasteiger partial charge >= 0.3 is 0 Å². The van der Waals surface area contributed by atoms with E-state index in [1.165, 1.54) is 0 Å². The quantitative estimate of drug-likeness (QED) is 0.148. The second-order valence-corrected chi connectivity index (χ2v) is 11.6. The summed E-state index contributed by atoms with van der Waals surface area (Å²) in [6, 6.07) is 36.0. The first-order valence-corrected chi connectivity index (χ1v) is 16.2. The Kier molecular flexibility index (Phi) is 10.1. The number of hydrogen-bond acceptors (Lipinski definition) is 6. The van der Waals surface area contributed by atoms with E-state index in [1.807, 2.05) is 84.9 Å². The maximum atomic E-state index is 14.2. The summed E-state index contributed by atoms with van der Waals surface area (Å²) in [5.41, 5.74) is 5.12. The van der Waals surface area contributed by atoms with Crippen LogP contribution in [-0.2, 0) is 0 Å². The lowest BCUT2D eigenvalue weighted by Gasteiger charge is -2.36. The number of para-hydroxylation sites is 3. The van der Waals surface area contributed by atoms with Crippen LogP contribution < -0.4 is 19.7 Å². The van der Waals surface area contributed by atoms with Crippen molar-refractivity contribution >= 4 is 22.5 Å². The van der Waals surface area contributed by atoms with Crippen LogP contribution in [0.5, 0.6) is 11.5 Å². The minimum absolute atomic E-state index is 0.122. The fourth-order valence-electron chi connectivity index (χ4n) is 6.25. The van der Waals surface area contributed by atoms with Gasteiger partial charge in [0.05, 0.1) is 36.5 Å². The Labute approximate surface area is 271 Å². The summed E-state index contributed by atoms with van der Waals surface area (Å²) in [4.78, 5) is 24.1. The lowest BCUT2D eigenvalue weighted by atomic mass is 10.00. The first-order valence-electron chi connectivity index (χ1n) is 16.2. The van der Waals surface area contributed by atoms with Gasteiger partial charge in [0.25, 0.3) is 5.91 Å². The molecule has 1 N–H and O–H groups in total. The molecule has 1 aliphatic rings. The number of nitrogens with one attached hydrogen (secondary N) is 1. The van der Waals surface area contributed by atoms with Gasteiger partial charge in [-0.2, -0.15) is 0 Å². The molecule has 0 saturated carbocycles. The first kappa shape index (κ1) is 31.1. The van der Waals surface area contributed by atoms with Crippen LogP contribution >= 0.6 is 0 Å². The van der Waals surface area contributed by atoms with E-state index >= 15 is 0 Å². The van der Waals surface area contributed by atoms with Crippen molar-refractivity contribution in [2.75, 3.05) is 51.3 Å². The number of piperazine rings is 1. The molecule has 2 heterocycles. The smallest absolute Gasteiger partial charge is 0.256 e.